The molecule has 0 N–H and O–H groups in total. The molecule has 1 heterocycles. The van der Waals surface area contributed by atoms with Gasteiger partial charge in [-0.15, -0.1) is 0 Å². The van der Waals surface area contributed by atoms with Gasteiger partial charge in [0.1, 0.15) is 14.3 Å². The fraction of sp³-hybridized carbons (Fsp3) is 0.167. The Bertz CT molecular complexity index is 388. The van der Waals surface area contributed by atoms with Gasteiger partial charge in [-0.3, -0.25) is 15.1 Å². The number of nitro groups is 1. The van der Waals surface area contributed by atoms with Crippen molar-refractivity contribution in [1.29, 1.82) is 0 Å². The zero-order valence-electron chi connectivity index (χ0n) is 6.38. The van der Waals surface area contributed by atoms with E-state index in [1.165, 1.54) is 22.6 Å². The number of rotatable bonds is 2. The van der Waals surface area contributed by atoms with Gasteiger partial charge >= 0.3 is 5.69 Å². The minimum Gasteiger partial charge on any atom is -0.258 e. The number of halogens is 4. The van der Waals surface area contributed by atoms with Crippen molar-refractivity contribution in [3.63, 3.8) is 0 Å². The van der Waals surface area contributed by atoms with Crippen LogP contribution in [-0.2, 0) is 0 Å². The Morgan fingerprint density at radius 1 is 1.64 bits per heavy atom. The number of aromatic nitrogens is 1. The Labute approximate surface area is 95.6 Å². The molecule has 0 bridgehead atoms. The van der Waals surface area contributed by atoms with E-state index in [-0.39, 0.29) is 8.59 Å². The third-order valence-corrected chi connectivity index (χ3v) is 2.71. The molecule has 0 saturated carbocycles. The molecule has 1 aromatic heterocycles. The first-order valence-corrected chi connectivity index (χ1v) is 4.67. The van der Waals surface area contributed by atoms with E-state index in [1.807, 2.05) is 0 Å². The lowest BCUT2D eigenvalue weighted by Crippen LogP contribution is -2.00. The van der Waals surface area contributed by atoms with E-state index in [0.29, 0.717) is 0 Å². The third-order valence-electron chi connectivity index (χ3n) is 1.37. The van der Waals surface area contributed by atoms with Gasteiger partial charge in [0, 0.05) is 0 Å². The summed E-state index contributed by atoms with van der Waals surface area (Å²) >= 11 is 6.88. The summed E-state index contributed by atoms with van der Waals surface area (Å²) in [5.41, 5.74) is -1.15. The summed E-state index contributed by atoms with van der Waals surface area (Å²) in [4.78, 5) is 13.0. The Morgan fingerprint density at radius 2 is 2.21 bits per heavy atom. The second-order valence-corrected chi connectivity index (χ2v) is 3.70. The molecule has 0 amide bonds. The van der Waals surface area contributed by atoms with Crippen LogP contribution in [0.25, 0.3) is 0 Å². The quantitative estimate of drug-likeness (QED) is 0.474. The molecule has 76 valence electrons. The Kier molecular flexibility index (Phi) is 3.53. The minimum atomic E-state index is -2.85. The van der Waals surface area contributed by atoms with E-state index >= 15 is 0 Å². The summed E-state index contributed by atoms with van der Waals surface area (Å²) in [6.45, 7) is 0. The average Bonchev–Trinajstić information content (AvgIpc) is 2.02. The lowest BCUT2D eigenvalue weighted by atomic mass is 10.3. The smallest absolute Gasteiger partial charge is 0.258 e. The fourth-order valence-electron chi connectivity index (χ4n) is 0.790. The Morgan fingerprint density at radius 3 is 2.64 bits per heavy atom. The van der Waals surface area contributed by atoms with Crippen LogP contribution in [-0.4, -0.2) is 9.91 Å². The van der Waals surface area contributed by atoms with Crippen molar-refractivity contribution in [2.75, 3.05) is 0 Å². The lowest BCUT2D eigenvalue weighted by molar-refractivity contribution is -0.385. The molecule has 4 nitrogen and oxygen atoms in total. The van der Waals surface area contributed by atoms with Gasteiger partial charge in [-0.1, -0.05) is 11.6 Å². The van der Waals surface area contributed by atoms with Crippen LogP contribution in [0.1, 0.15) is 12.1 Å². The fourth-order valence-corrected chi connectivity index (χ4v) is 2.02. The zero-order valence-corrected chi connectivity index (χ0v) is 9.29. The minimum absolute atomic E-state index is 0.227. The van der Waals surface area contributed by atoms with Crippen molar-refractivity contribution in [2.45, 2.75) is 6.43 Å². The molecule has 0 unspecified atom stereocenters. The standard InChI is InChI=1S/C6H2ClF2IN2O2/c7-2-1-11-4(6(8)9)3(10)5(2)12(13)14/h1,6H. The molecule has 0 atom stereocenters. The second-order valence-electron chi connectivity index (χ2n) is 2.21. The van der Waals surface area contributed by atoms with Crippen LogP contribution in [0.4, 0.5) is 14.5 Å². The van der Waals surface area contributed by atoms with Crippen LogP contribution in [0.2, 0.25) is 5.02 Å². The molecule has 1 rings (SSSR count). The van der Waals surface area contributed by atoms with Gasteiger partial charge in [-0.05, 0) is 22.6 Å². The summed E-state index contributed by atoms with van der Waals surface area (Å²) in [6, 6.07) is 0. The highest BCUT2D eigenvalue weighted by Gasteiger charge is 2.25. The highest BCUT2D eigenvalue weighted by atomic mass is 127. The molecule has 1 aromatic rings. The molecule has 0 radical (unpaired) electrons. The van der Waals surface area contributed by atoms with Crippen LogP contribution >= 0.6 is 34.2 Å². The van der Waals surface area contributed by atoms with Crippen molar-refractivity contribution in [2.24, 2.45) is 0 Å². The highest BCUT2D eigenvalue weighted by Crippen LogP contribution is 2.34. The largest absolute Gasteiger partial charge is 0.304 e. The Hall–Kier alpha value is -0.570. The van der Waals surface area contributed by atoms with Gasteiger partial charge < -0.3 is 0 Å². The number of hydrogen-bond acceptors (Lipinski definition) is 3. The molecule has 8 heteroatoms. The normalized spacial score (nSPS) is 10.6. The van der Waals surface area contributed by atoms with Crippen LogP contribution < -0.4 is 0 Å². The molecule has 0 aliphatic carbocycles. The number of pyridine rings is 1. The summed E-state index contributed by atoms with van der Waals surface area (Å²) < 4.78 is 24.3. The maximum atomic E-state index is 12.3. The van der Waals surface area contributed by atoms with Crippen LogP contribution in [0.15, 0.2) is 6.20 Å². The first kappa shape index (κ1) is 11.5. The van der Waals surface area contributed by atoms with Crippen molar-refractivity contribution >= 4 is 39.9 Å². The van der Waals surface area contributed by atoms with E-state index in [4.69, 9.17) is 11.6 Å². The van der Waals surface area contributed by atoms with Gasteiger partial charge in [0.05, 0.1) is 11.1 Å². The van der Waals surface area contributed by atoms with Gasteiger partial charge in [0.15, 0.2) is 0 Å². The topological polar surface area (TPSA) is 56.0 Å². The van der Waals surface area contributed by atoms with Crippen molar-refractivity contribution in [1.82, 2.24) is 4.98 Å². The van der Waals surface area contributed by atoms with Gasteiger partial charge in [-0.25, -0.2) is 8.78 Å². The van der Waals surface area contributed by atoms with Crippen LogP contribution in [0, 0.1) is 13.7 Å². The summed E-state index contributed by atoms with van der Waals surface area (Å²) in [7, 11) is 0. The van der Waals surface area contributed by atoms with Crippen molar-refractivity contribution in [3.8, 4) is 0 Å². The molecule has 0 aliphatic heterocycles. The first-order valence-electron chi connectivity index (χ1n) is 3.21. The van der Waals surface area contributed by atoms with Crippen LogP contribution in [0.3, 0.4) is 0 Å². The number of alkyl halides is 2. The van der Waals surface area contributed by atoms with E-state index in [1.54, 1.807) is 0 Å². The summed E-state index contributed by atoms with van der Waals surface area (Å²) in [5, 5.41) is 10.2. The van der Waals surface area contributed by atoms with Gasteiger partial charge in [0.25, 0.3) is 6.43 Å². The SMILES string of the molecule is O=[N+]([O-])c1c(Cl)cnc(C(F)F)c1I. The van der Waals surface area contributed by atoms with Gasteiger partial charge in [-0.2, -0.15) is 0 Å². The molecule has 0 spiro atoms. The molecule has 14 heavy (non-hydrogen) atoms. The highest BCUT2D eigenvalue weighted by molar-refractivity contribution is 14.1. The summed E-state index contributed by atoms with van der Waals surface area (Å²) in [6.07, 6.45) is -2.00. The molecule has 0 aromatic carbocycles. The third kappa shape index (κ3) is 2.08. The van der Waals surface area contributed by atoms with E-state index in [9.17, 15) is 18.9 Å². The average molecular weight is 334 g/mol. The van der Waals surface area contributed by atoms with Crippen molar-refractivity contribution < 1.29 is 13.7 Å². The summed E-state index contributed by atoms with van der Waals surface area (Å²) in [5.74, 6) is 0. The van der Waals surface area contributed by atoms with Gasteiger partial charge in [0.2, 0.25) is 0 Å². The predicted molar refractivity (Wildman–Crippen MR) is 53.6 cm³/mol. The maximum absolute atomic E-state index is 12.3. The van der Waals surface area contributed by atoms with E-state index in [2.05, 4.69) is 4.98 Å². The molecule has 0 aliphatic rings. The first-order chi connectivity index (χ1) is 6.45. The number of hydrogen-bond donors (Lipinski definition) is 0. The molecule has 0 saturated heterocycles. The second kappa shape index (κ2) is 4.30. The Balaban J connectivity index is 3.41. The van der Waals surface area contributed by atoms with Crippen molar-refractivity contribution in [3.05, 3.63) is 30.6 Å². The number of nitrogens with zero attached hydrogens (tertiary/aromatic N) is 2. The molecular weight excluding hydrogens is 332 g/mol. The molecular formula is C6H2ClF2IN2O2. The molecule has 0 fully saturated rings. The van der Waals surface area contributed by atoms with E-state index in [0.717, 1.165) is 6.20 Å². The maximum Gasteiger partial charge on any atom is 0.304 e. The lowest BCUT2D eigenvalue weighted by Gasteiger charge is -2.03. The monoisotopic (exact) mass is 334 g/mol. The predicted octanol–water partition coefficient (Wildman–Crippen LogP) is 3.19. The van der Waals surface area contributed by atoms with E-state index < -0.39 is 22.7 Å². The van der Waals surface area contributed by atoms with Crippen LogP contribution in [0.5, 0.6) is 0 Å². The zero-order chi connectivity index (χ0) is 10.9.